The highest BCUT2D eigenvalue weighted by atomic mass is 35.5. The van der Waals surface area contributed by atoms with E-state index in [0.717, 1.165) is 20.8 Å². The first-order valence-electron chi connectivity index (χ1n) is 9.99. The van der Waals surface area contributed by atoms with Gasteiger partial charge in [0.2, 0.25) is 0 Å². The Kier molecular flexibility index (Phi) is 5.62. The summed E-state index contributed by atoms with van der Waals surface area (Å²) in [5, 5.41) is 2.14. The Morgan fingerprint density at radius 1 is 0.679 bits per heavy atom. The van der Waals surface area contributed by atoms with Crippen LogP contribution in [0.2, 0.25) is 5.02 Å². The lowest BCUT2D eigenvalue weighted by Crippen LogP contribution is -2.12. The van der Waals surface area contributed by atoms with Gasteiger partial charge in [0.25, 0.3) is 0 Å². The zero-order valence-electron chi connectivity index (χ0n) is 18.2. The summed E-state index contributed by atoms with van der Waals surface area (Å²) in [5.74, 6) is 0. The van der Waals surface area contributed by atoms with Crippen LogP contribution in [0.5, 0.6) is 0 Å². The minimum absolute atomic E-state index is 0.105. The molecule has 0 unspecified atom stereocenters. The summed E-state index contributed by atoms with van der Waals surface area (Å²) in [6, 6.07) is 22.2. The number of halogens is 1. The Labute approximate surface area is 178 Å². The topological polar surface area (TPSA) is 0 Å². The normalized spacial score (nSPS) is 12.4. The van der Waals surface area contributed by atoms with Crippen molar-refractivity contribution in [3.63, 3.8) is 0 Å². The second kappa shape index (κ2) is 7.53. The molecule has 0 saturated heterocycles. The molecule has 0 nitrogen and oxygen atoms in total. The molecule has 3 rings (SSSR count). The second-order valence-corrected chi connectivity index (χ2v) is 11.2. The summed E-state index contributed by atoms with van der Waals surface area (Å²) >= 11 is 6.91. The molecule has 0 heterocycles. The molecule has 0 atom stereocenters. The number of benzene rings is 3. The van der Waals surface area contributed by atoms with Crippen molar-refractivity contribution in [2.75, 3.05) is 0 Å². The smallest absolute Gasteiger partial charge is 0.0472 e. The van der Waals surface area contributed by atoms with Crippen LogP contribution in [0.4, 0.5) is 0 Å². The quantitative estimate of drug-likeness (QED) is 0.440. The Morgan fingerprint density at radius 3 is 1.71 bits per heavy atom. The molecule has 0 bridgehead atoms. The Bertz CT molecular complexity index is 1000. The molecule has 0 saturated carbocycles. The Morgan fingerprint density at radius 2 is 1.18 bits per heavy atom. The van der Waals surface area contributed by atoms with Gasteiger partial charge in [-0.1, -0.05) is 119 Å². The third-order valence-corrected chi connectivity index (χ3v) is 7.03. The molecule has 0 aromatic heterocycles. The van der Waals surface area contributed by atoms with Crippen LogP contribution >= 0.6 is 11.6 Å². The van der Waals surface area contributed by atoms with Gasteiger partial charge in [-0.05, 0) is 38.6 Å². The molecule has 0 spiro atoms. The van der Waals surface area contributed by atoms with E-state index < -0.39 is 0 Å². The van der Waals surface area contributed by atoms with Crippen molar-refractivity contribution in [1.82, 2.24) is 0 Å². The first-order chi connectivity index (χ1) is 13.0. The van der Waals surface area contributed by atoms with Crippen LogP contribution in [-0.4, -0.2) is 10.2 Å². The summed E-state index contributed by atoms with van der Waals surface area (Å²) in [7, 11) is 0.934. The van der Waals surface area contributed by atoms with Crippen LogP contribution in [0.15, 0.2) is 60.7 Å². The fraction of sp³-hybridized carbons (Fsp3) is 0.308. The van der Waals surface area contributed by atoms with Gasteiger partial charge in [0, 0.05) is 20.8 Å². The largest absolute Gasteiger partial charge is 0.0838 e. The summed E-state index contributed by atoms with van der Waals surface area (Å²) in [6.07, 6.45) is 0. The molecule has 0 fully saturated rings. The predicted octanol–water partition coefficient (Wildman–Crippen LogP) is 6.26. The van der Waals surface area contributed by atoms with Gasteiger partial charge < -0.3 is 0 Å². The average molecular weight is 407 g/mol. The van der Waals surface area contributed by atoms with Crippen molar-refractivity contribution in [2.24, 2.45) is 0 Å². The van der Waals surface area contributed by atoms with E-state index in [1.807, 2.05) is 0 Å². The third kappa shape index (κ3) is 4.26. The van der Waals surface area contributed by atoms with E-state index >= 15 is 0 Å². The van der Waals surface area contributed by atoms with Crippen molar-refractivity contribution in [1.29, 1.82) is 0 Å². The standard InChI is InChI=1S/C26H31ClSi/c1-25(2,3)19-11-7-9-17(15-19)21-13-14-22(28)24(27)23(21)18-10-8-12-20(16-18)26(4,5)6/h7-16H,1-6,28H3. The number of rotatable bonds is 2. The van der Waals surface area contributed by atoms with E-state index in [0.29, 0.717) is 0 Å². The molecule has 28 heavy (non-hydrogen) atoms. The lowest BCUT2D eigenvalue weighted by molar-refractivity contribution is 0.590. The first-order valence-corrected chi connectivity index (χ1v) is 11.4. The van der Waals surface area contributed by atoms with E-state index in [9.17, 15) is 0 Å². The van der Waals surface area contributed by atoms with Gasteiger partial charge in [-0.3, -0.25) is 0 Å². The van der Waals surface area contributed by atoms with Crippen molar-refractivity contribution in [3.8, 4) is 22.3 Å². The van der Waals surface area contributed by atoms with Gasteiger partial charge in [0.15, 0.2) is 0 Å². The lowest BCUT2D eigenvalue weighted by Gasteiger charge is -2.22. The van der Waals surface area contributed by atoms with Gasteiger partial charge >= 0.3 is 0 Å². The third-order valence-electron chi connectivity index (χ3n) is 5.39. The second-order valence-electron chi connectivity index (χ2n) is 9.78. The summed E-state index contributed by atoms with van der Waals surface area (Å²) in [4.78, 5) is 0. The van der Waals surface area contributed by atoms with Gasteiger partial charge in [0.1, 0.15) is 0 Å². The zero-order chi connectivity index (χ0) is 20.7. The fourth-order valence-electron chi connectivity index (χ4n) is 3.50. The molecule has 0 amide bonds. The van der Waals surface area contributed by atoms with E-state index in [2.05, 4.69) is 102 Å². The maximum atomic E-state index is 6.91. The van der Waals surface area contributed by atoms with Crippen LogP contribution in [0, 0.1) is 0 Å². The van der Waals surface area contributed by atoms with Crippen LogP contribution in [-0.2, 0) is 10.8 Å². The van der Waals surface area contributed by atoms with Crippen LogP contribution in [0.1, 0.15) is 52.7 Å². The zero-order valence-corrected chi connectivity index (χ0v) is 20.9. The molecule has 2 heteroatoms. The van der Waals surface area contributed by atoms with E-state index in [1.54, 1.807) is 0 Å². The molecule has 3 aromatic rings. The molecule has 0 radical (unpaired) electrons. The molecule has 0 aliphatic heterocycles. The van der Waals surface area contributed by atoms with Crippen molar-refractivity contribution >= 4 is 27.0 Å². The van der Waals surface area contributed by atoms with Gasteiger partial charge in [-0.2, -0.15) is 0 Å². The molecular formula is C26H31ClSi. The van der Waals surface area contributed by atoms with Crippen LogP contribution in [0.3, 0.4) is 0 Å². The average Bonchev–Trinajstić information content (AvgIpc) is 2.62. The molecule has 3 aromatic carbocycles. The van der Waals surface area contributed by atoms with Crippen LogP contribution in [0.25, 0.3) is 22.3 Å². The first kappa shape index (κ1) is 20.9. The molecule has 0 N–H and O–H groups in total. The SMILES string of the molecule is CC(C)(C)c1cccc(-c2ccc([SiH3])c(Cl)c2-c2cccc(C(C)(C)C)c2)c1. The molecule has 146 valence electrons. The maximum absolute atomic E-state index is 6.91. The highest BCUT2D eigenvalue weighted by molar-refractivity contribution is 6.47. The van der Waals surface area contributed by atoms with E-state index in [4.69, 9.17) is 11.6 Å². The van der Waals surface area contributed by atoms with Crippen LogP contribution < -0.4 is 5.19 Å². The van der Waals surface area contributed by atoms with Gasteiger partial charge in [0.05, 0.1) is 0 Å². The summed E-state index contributed by atoms with van der Waals surface area (Å²) in [5.41, 5.74) is 7.68. The molecular weight excluding hydrogens is 376 g/mol. The predicted molar refractivity (Wildman–Crippen MR) is 129 cm³/mol. The van der Waals surface area contributed by atoms with Crippen molar-refractivity contribution < 1.29 is 0 Å². The highest BCUT2D eigenvalue weighted by Gasteiger charge is 2.19. The van der Waals surface area contributed by atoms with Crippen molar-refractivity contribution in [2.45, 2.75) is 52.4 Å². The highest BCUT2D eigenvalue weighted by Crippen LogP contribution is 2.39. The lowest BCUT2D eigenvalue weighted by atomic mass is 9.83. The number of hydrogen-bond donors (Lipinski definition) is 0. The minimum atomic E-state index is 0.105. The Balaban J connectivity index is 2.26. The van der Waals surface area contributed by atoms with Gasteiger partial charge in [-0.15, -0.1) is 0 Å². The van der Waals surface area contributed by atoms with E-state index in [-0.39, 0.29) is 10.8 Å². The summed E-state index contributed by atoms with van der Waals surface area (Å²) < 4.78 is 0. The van der Waals surface area contributed by atoms with Gasteiger partial charge in [-0.25, -0.2) is 0 Å². The maximum Gasteiger partial charge on any atom is 0.0472 e. The molecule has 0 aliphatic rings. The monoisotopic (exact) mass is 406 g/mol. The van der Waals surface area contributed by atoms with Crippen molar-refractivity contribution in [3.05, 3.63) is 76.8 Å². The minimum Gasteiger partial charge on any atom is -0.0838 e. The number of hydrogen-bond acceptors (Lipinski definition) is 0. The molecule has 0 aliphatic carbocycles. The summed E-state index contributed by atoms with van der Waals surface area (Å²) in [6.45, 7) is 13.5. The fourth-order valence-corrected chi connectivity index (χ4v) is 4.19. The van der Waals surface area contributed by atoms with E-state index in [1.165, 1.54) is 33.0 Å². The Hall–Kier alpha value is -1.83.